The lowest BCUT2D eigenvalue weighted by atomic mass is 10.0. The molecule has 0 spiro atoms. The molecule has 0 bridgehead atoms. The van der Waals surface area contributed by atoms with E-state index in [2.05, 4.69) is 31.8 Å². The molecule has 1 aromatic rings. The van der Waals surface area contributed by atoms with Crippen molar-refractivity contribution in [2.45, 2.75) is 25.8 Å². The van der Waals surface area contributed by atoms with Crippen LogP contribution in [0.25, 0.3) is 0 Å². The van der Waals surface area contributed by atoms with Crippen molar-refractivity contribution in [3.63, 3.8) is 0 Å². The summed E-state index contributed by atoms with van der Waals surface area (Å²) >= 11 is 1.85. The van der Waals surface area contributed by atoms with E-state index >= 15 is 0 Å². The van der Waals surface area contributed by atoms with Gasteiger partial charge < -0.3 is 0 Å². The number of rotatable bonds is 4. The molecule has 0 amide bonds. The Balaban J connectivity index is 2.35. The van der Waals surface area contributed by atoms with E-state index in [1.807, 2.05) is 30.1 Å². The van der Waals surface area contributed by atoms with E-state index in [1.165, 1.54) is 0 Å². The summed E-state index contributed by atoms with van der Waals surface area (Å²) in [6.45, 7) is 6.83. The maximum atomic E-state index is 4.27. The zero-order chi connectivity index (χ0) is 9.68. The van der Waals surface area contributed by atoms with Gasteiger partial charge >= 0.3 is 0 Å². The Labute approximate surface area is 85.0 Å². The van der Waals surface area contributed by atoms with Gasteiger partial charge in [-0.25, -0.2) is 4.98 Å². The van der Waals surface area contributed by atoms with Crippen LogP contribution in [0.4, 0.5) is 0 Å². The molecule has 2 heteroatoms. The maximum Gasteiger partial charge on any atom is 0.0959 e. The van der Waals surface area contributed by atoms with E-state index in [0.29, 0.717) is 0 Å². The van der Waals surface area contributed by atoms with E-state index < -0.39 is 0 Å². The summed E-state index contributed by atoms with van der Waals surface area (Å²) in [5, 5.41) is 1.13. The summed E-state index contributed by atoms with van der Waals surface area (Å²) in [4.78, 5) is 4.27. The molecule has 0 aromatic carbocycles. The Morgan fingerprint density at radius 1 is 1.31 bits per heavy atom. The molecule has 0 fully saturated rings. The zero-order valence-electron chi connectivity index (χ0n) is 8.53. The fourth-order valence-corrected chi connectivity index (χ4v) is 1.97. The van der Waals surface area contributed by atoms with Crippen molar-refractivity contribution in [2.75, 3.05) is 5.75 Å². The van der Waals surface area contributed by atoms with Crippen LogP contribution >= 0.6 is 11.8 Å². The van der Waals surface area contributed by atoms with Crippen LogP contribution in [0.3, 0.4) is 0 Å². The first-order valence-electron chi connectivity index (χ1n) is 4.74. The predicted molar refractivity (Wildman–Crippen MR) is 59.0 cm³/mol. The molecule has 1 atom stereocenters. The minimum Gasteiger partial charge on any atom is -0.250 e. The van der Waals surface area contributed by atoms with Gasteiger partial charge in [0.25, 0.3) is 0 Å². The normalized spacial score (nSPS) is 13.2. The maximum absolute atomic E-state index is 4.27. The fraction of sp³-hybridized carbons (Fsp3) is 0.545. The minimum absolute atomic E-state index is 0.756. The predicted octanol–water partition coefficient (Wildman–Crippen LogP) is 3.47. The average molecular weight is 195 g/mol. The fourth-order valence-electron chi connectivity index (χ4n) is 0.842. The van der Waals surface area contributed by atoms with Gasteiger partial charge in [0.2, 0.25) is 0 Å². The largest absolute Gasteiger partial charge is 0.250 e. The Hall–Kier alpha value is -0.500. The van der Waals surface area contributed by atoms with Crippen molar-refractivity contribution < 1.29 is 0 Å². The van der Waals surface area contributed by atoms with Gasteiger partial charge in [-0.3, -0.25) is 0 Å². The first kappa shape index (κ1) is 10.6. The van der Waals surface area contributed by atoms with Crippen LogP contribution in [0.15, 0.2) is 29.4 Å². The van der Waals surface area contributed by atoms with Crippen molar-refractivity contribution in [1.82, 2.24) is 4.98 Å². The molecule has 0 N–H and O–H groups in total. The Kier molecular flexibility index (Phi) is 4.29. The first-order valence-corrected chi connectivity index (χ1v) is 5.72. The van der Waals surface area contributed by atoms with E-state index in [4.69, 9.17) is 0 Å². The second kappa shape index (κ2) is 5.28. The standard InChI is InChI=1S/C11H17NS/c1-9(2)10(3)8-13-11-6-4-5-7-12-11/h4-7,9-10H,8H2,1-3H3. The lowest BCUT2D eigenvalue weighted by molar-refractivity contribution is 0.464. The molecule has 72 valence electrons. The number of aromatic nitrogens is 1. The highest BCUT2D eigenvalue weighted by molar-refractivity contribution is 7.99. The van der Waals surface area contributed by atoms with Gasteiger partial charge in [0.05, 0.1) is 5.03 Å². The lowest BCUT2D eigenvalue weighted by Crippen LogP contribution is -2.06. The Bertz CT molecular complexity index is 233. The summed E-state index contributed by atoms with van der Waals surface area (Å²) in [6, 6.07) is 6.06. The Morgan fingerprint density at radius 3 is 2.62 bits per heavy atom. The van der Waals surface area contributed by atoms with E-state index in [1.54, 1.807) is 0 Å². The van der Waals surface area contributed by atoms with Gasteiger partial charge in [0, 0.05) is 11.9 Å². The second-order valence-corrected chi connectivity index (χ2v) is 4.74. The van der Waals surface area contributed by atoms with Crippen molar-refractivity contribution in [1.29, 1.82) is 0 Å². The van der Waals surface area contributed by atoms with Crippen molar-refractivity contribution in [3.05, 3.63) is 24.4 Å². The number of thioether (sulfide) groups is 1. The van der Waals surface area contributed by atoms with Gasteiger partial charge in [0.15, 0.2) is 0 Å². The van der Waals surface area contributed by atoms with Crippen molar-refractivity contribution >= 4 is 11.8 Å². The number of hydrogen-bond donors (Lipinski definition) is 0. The molecule has 0 saturated heterocycles. The molecule has 1 aromatic heterocycles. The molecule has 0 aliphatic carbocycles. The molecule has 13 heavy (non-hydrogen) atoms. The van der Waals surface area contributed by atoms with Crippen LogP contribution in [0.2, 0.25) is 0 Å². The molecular formula is C11H17NS. The van der Waals surface area contributed by atoms with E-state index in [0.717, 1.165) is 22.6 Å². The highest BCUT2D eigenvalue weighted by Gasteiger charge is 2.07. The third-order valence-electron chi connectivity index (χ3n) is 2.27. The minimum atomic E-state index is 0.756. The van der Waals surface area contributed by atoms with Crippen LogP contribution in [0, 0.1) is 11.8 Å². The van der Waals surface area contributed by atoms with Crippen LogP contribution < -0.4 is 0 Å². The molecule has 1 nitrogen and oxygen atoms in total. The lowest BCUT2D eigenvalue weighted by Gasteiger charge is -2.13. The summed E-state index contributed by atoms with van der Waals surface area (Å²) in [6.07, 6.45) is 1.85. The van der Waals surface area contributed by atoms with E-state index in [-0.39, 0.29) is 0 Å². The quantitative estimate of drug-likeness (QED) is 0.682. The molecule has 0 aliphatic heterocycles. The molecule has 1 rings (SSSR count). The van der Waals surface area contributed by atoms with Crippen LogP contribution in [-0.4, -0.2) is 10.7 Å². The van der Waals surface area contributed by atoms with E-state index in [9.17, 15) is 0 Å². The van der Waals surface area contributed by atoms with Gasteiger partial charge in [0.1, 0.15) is 0 Å². The SMILES string of the molecule is CC(C)C(C)CSc1ccccn1. The Morgan fingerprint density at radius 2 is 2.08 bits per heavy atom. The highest BCUT2D eigenvalue weighted by Crippen LogP contribution is 2.21. The van der Waals surface area contributed by atoms with Crippen LogP contribution in [-0.2, 0) is 0 Å². The van der Waals surface area contributed by atoms with Gasteiger partial charge in [-0.1, -0.05) is 26.8 Å². The monoisotopic (exact) mass is 195 g/mol. The molecule has 0 saturated carbocycles. The van der Waals surface area contributed by atoms with Gasteiger partial charge in [-0.05, 0) is 24.0 Å². The number of nitrogens with zero attached hydrogens (tertiary/aromatic N) is 1. The molecular weight excluding hydrogens is 178 g/mol. The van der Waals surface area contributed by atoms with Crippen molar-refractivity contribution in [3.8, 4) is 0 Å². The molecule has 0 radical (unpaired) electrons. The first-order chi connectivity index (χ1) is 6.20. The summed E-state index contributed by atoms with van der Waals surface area (Å²) in [5.74, 6) is 2.68. The van der Waals surface area contributed by atoms with Crippen molar-refractivity contribution in [2.24, 2.45) is 11.8 Å². The molecule has 1 heterocycles. The third-order valence-corrected chi connectivity index (χ3v) is 3.50. The van der Waals surface area contributed by atoms with Gasteiger partial charge in [-0.2, -0.15) is 0 Å². The topological polar surface area (TPSA) is 12.9 Å². The number of pyridine rings is 1. The summed E-state index contributed by atoms with van der Waals surface area (Å²) in [7, 11) is 0. The average Bonchev–Trinajstić information content (AvgIpc) is 2.15. The third kappa shape index (κ3) is 3.81. The van der Waals surface area contributed by atoms with Crippen LogP contribution in [0.1, 0.15) is 20.8 Å². The smallest absolute Gasteiger partial charge is 0.0959 e. The highest BCUT2D eigenvalue weighted by atomic mass is 32.2. The molecule has 0 aliphatic rings. The van der Waals surface area contributed by atoms with Gasteiger partial charge in [-0.15, -0.1) is 11.8 Å². The molecule has 1 unspecified atom stereocenters. The second-order valence-electron chi connectivity index (χ2n) is 3.70. The zero-order valence-corrected chi connectivity index (χ0v) is 9.34. The van der Waals surface area contributed by atoms with Crippen LogP contribution in [0.5, 0.6) is 0 Å². The summed E-state index contributed by atoms with van der Waals surface area (Å²) < 4.78 is 0. The summed E-state index contributed by atoms with van der Waals surface area (Å²) in [5.41, 5.74) is 0. The number of hydrogen-bond acceptors (Lipinski definition) is 2.